The molecule has 1 fully saturated rings. The zero-order valence-electron chi connectivity index (χ0n) is 15.6. The molecule has 1 aromatic heterocycles. The van der Waals surface area contributed by atoms with Crippen molar-refractivity contribution in [1.82, 2.24) is 9.78 Å². The van der Waals surface area contributed by atoms with Gasteiger partial charge in [0.15, 0.2) is 10.6 Å². The second-order valence-electron chi connectivity index (χ2n) is 7.25. The molecule has 3 atom stereocenters. The van der Waals surface area contributed by atoms with Crippen LogP contribution in [0.1, 0.15) is 54.7 Å². The highest BCUT2D eigenvalue weighted by molar-refractivity contribution is 7.84. The number of benzene rings is 1. The van der Waals surface area contributed by atoms with Crippen LogP contribution in [0.15, 0.2) is 29.2 Å². The number of ether oxygens (including phenoxy) is 1. The predicted molar refractivity (Wildman–Crippen MR) is 104 cm³/mol. The van der Waals surface area contributed by atoms with Crippen molar-refractivity contribution in [1.29, 1.82) is 0 Å². The highest BCUT2D eigenvalue weighted by Gasteiger charge is 2.38. The lowest BCUT2D eigenvalue weighted by Gasteiger charge is -2.28. The summed E-state index contributed by atoms with van der Waals surface area (Å²) < 4.78 is 19.8. The SMILES string of the molecule is CCOC(=O)c1nn(C2CCCC(C(=O)O)C2)c2c1C[SH+](=O)c1ccccc1-2. The minimum Gasteiger partial charge on any atom is -0.481 e. The molecule has 0 saturated heterocycles. The van der Waals surface area contributed by atoms with Crippen molar-refractivity contribution in [2.45, 2.75) is 49.3 Å². The molecule has 0 amide bonds. The second kappa shape index (κ2) is 7.50. The number of carboxylic acid groups (broad SMARTS) is 1. The molecule has 3 unspecified atom stereocenters. The highest BCUT2D eigenvalue weighted by atomic mass is 32.2. The first kappa shape index (κ1) is 18.9. The number of carboxylic acids is 1. The summed E-state index contributed by atoms with van der Waals surface area (Å²) >= 11 is 0. The van der Waals surface area contributed by atoms with E-state index in [9.17, 15) is 18.9 Å². The molecule has 0 bridgehead atoms. The van der Waals surface area contributed by atoms with Crippen LogP contribution in [0.3, 0.4) is 0 Å². The fourth-order valence-electron chi connectivity index (χ4n) is 4.26. The van der Waals surface area contributed by atoms with Crippen LogP contribution in [0.5, 0.6) is 0 Å². The van der Waals surface area contributed by atoms with Gasteiger partial charge in [0, 0.05) is 0 Å². The number of carbonyl (C=O) groups excluding carboxylic acids is 1. The first-order chi connectivity index (χ1) is 13.5. The minimum atomic E-state index is -1.67. The molecule has 8 heteroatoms. The Balaban J connectivity index is 1.86. The van der Waals surface area contributed by atoms with E-state index >= 15 is 0 Å². The Morgan fingerprint density at radius 2 is 2.11 bits per heavy atom. The van der Waals surface area contributed by atoms with E-state index in [0.717, 1.165) is 29.0 Å². The number of fused-ring (bicyclic) bond motifs is 3. The normalized spacial score (nSPS) is 23.5. The average molecular weight is 403 g/mol. The predicted octanol–water partition coefficient (Wildman–Crippen LogP) is 3.11. The van der Waals surface area contributed by atoms with Gasteiger partial charge in [-0.1, -0.05) is 18.6 Å². The molecule has 1 N–H and O–H groups in total. The van der Waals surface area contributed by atoms with E-state index in [1.54, 1.807) is 11.6 Å². The maximum Gasteiger partial charge on any atom is 0.359 e. The molecule has 7 nitrogen and oxygen atoms in total. The largest absolute Gasteiger partial charge is 0.481 e. The maximum absolute atomic E-state index is 12.8. The zero-order valence-corrected chi connectivity index (χ0v) is 16.5. The van der Waals surface area contributed by atoms with Gasteiger partial charge in [0.1, 0.15) is 16.6 Å². The Morgan fingerprint density at radius 3 is 2.86 bits per heavy atom. The first-order valence-electron chi connectivity index (χ1n) is 9.56. The second-order valence-corrected chi connectivity index (χ2v) is 8.81. The van der Waals surface area contributed by atoms with E-state index in [-0.39, 0.29) is 24.1 Å². The number of esters is 1. The summed E-state index contributed by atoms with van der Waals surface area (Å²) in [6.45, 7) is 1.96. The summed E-state index contributed by atoms with van der Waals surface area (Å²) in [7, 11) is -1.67. The molecule has 2 aromatic rings. The van der Waals surface area contributed by atoms with Gasteiger partial charge in [-0.05, 0) is 38.3 Å². The monoisotopic (exact) mass is 403 g/mol. The van der Waals surface area contributed by atoms with Crippen molar-refractivity contribution in [3.8, 4) is 11.3 Å². The van der Waals surface area contributed by atoms with E-state index in [4.69, 9.17) is 4.74 Å². The standard InChI is InChI=1S/C20H22N2O5S/c1-2-27-20(25)17-15-11-28(26)16-9-4-3-8-14(16)18(15)22(21-17)13-7-5-6-12(10-13)19(23)24/h3-4,8-9,12-13H,2,5-7,10-11H2,1H3,(H,23,24)/p+1. The van der Waals surface area contributed by atoms with E-state index in [0.29, 0.717) is 18.4 Å². The van der Waals surface area contributed by atoms with Gasteiger partial charge in [0.05, 0.1) is 35.4 Å². The summed E-state index contributed by atoms with van der Waals surface area (Å²) in [5, 5.41) is 14.0. The molecule has 0 spiro atoms. The molecule has 148 valence electrons. The summed E-state index contributed by atoms with van der Waals surface area (Å²) in [6.07, 6.45) is 2.72. The Morgan fingerprint density at radius 1 is 1.32 bits per heavy atom. The maximum atomic E-state index is 12.8. The van der Waals surface area contributed by atoms with Gasteiger partial charge in [0.2, 0.25) is 0 Å². The van der Waals surface area contributed by atoms with Gasteiger partial charge < -0.3 is 9.84 Å². The van der Waals surface area contributed by atoms with Crippen molar-refractivity contribution in [2.75, 3.05) is 6.61 Å². The lowest BCUT2D eigenvalue weighted by atomic mass is 9.85. The third kappa shape index (κ3) is 3.15. The Kier molecular flexibility index (Phi) is 5.05. The van der Waals surface area contributed by atoms with Gasteiger partial charge in [-0.25, -0.2) is 4.79 Å². The van der Waals surface area contributed by atoms with E-state index in [1.165, 1.54) is 0 Å². The quantitative estimate of drug-likeness (QED) is 0.478. The van der Waals surface area contributed by atoms with Crippen LogP contribution < -0.4 is 0 Å². The minimum absolute atomic E-state index is 0.115. The van der Waals surface area contributed by atoms with Crippen LogP contribution in [0, 0.1) is 5.92 Å². The number of carbonyl (C=O) groups is 2. The molecule has 1 saturated carbocycles. The van der Waals surface area contributed by atoms with Crippen molar-refractivity contribution in [3.63, 3.8) is 0 Å². The summed E-state index contributed by atoms with van der Waals surface area (Å²) in [4.78, 5) is 24.8. The number of aromatic nitrogens is 2. The number of rotatable bonds is 4. The van der Waals surface area contributed by atoms with Crippen LogP contribution in [-0.4, -0.2) is 33.4 Å². The van der Waals surface area contributed by atoms with Crippen LogP contribution >= 0.6 is 0 Å². The Labute approximate surface area is 165 Å². The molecule has 4 rings (SSSR count). The average Bonchev–Trinajstić information content (AvgIpc) is 3.08. The smallest absolute Gasteiger partial charge is 0.359 e. The van der Waals surface area contributed by atoms with Crippen molar-refractivity contribution < 1.29 is 23.6 Å². The summed E-state index contributed by atoms with van der Waals surface area (Å²) in [5.41, 5.74) is 2.44. The lowest BCUT2D eigenvalue weighted by molar-refractivity contribution is -0.143. The number of hydrogen-bond donors (Lipinski definition) is 1. The van der Waals surface area contributed by atoms with Crippen LogP contribution in [0.25, 0.3) is 11.3 Å². The molecule has 28 heavy (non-hydrogen) atoms. The molecular formula is C20H23N2O5S+. The van der Waals surface area contributed by atoms with Gasteiger partial charge in [-0.15, -0.1) is 4.21 Å². The molecule has 1 aromatic carbocycles. The Bertz CT molecular complexity index is 968. The molecular weight excluding hydrogens is 380 g/mol. The number of thiol groups is 1. The fraction of sp³-hybridized carbons (Fsp3) is 0.450. The van der Waals surface area contributed by atoms with Crippen molar-refractivity contribution in [3.05, 3.63) is 35.5 Å². The van der Waals surface area contributed by atoms with E-state index in [2.05, 4.69) is 5.10 Å². The van der Waals surface area contributed by atoms with Crippen molar-refractivity contribution >= 4 is 22.7 Å². The van der Waals surface area contributed by atoms with Crippen LogP contribution in [-0.2, 0) is 30.3 Å². The number of aliphatic carboxylic acids is 1. The molecule has 2 heterocycles. The molecule has 2 aliphatic rings. The van der Waals surface area contributed by atoms with Gasteiger partial charge in [0.25, 0.3) is 0 Å². The van der Waals surface area contributed by atoms with Crippen LogP contribution in [0.4, 0.5) is 0 Å². The summed E-state index contributed by atoms with van der Waals surface area (Å²) in [5.74, 6) is -1.49. The van der Waals surface area contributed by atoms with Crippen LogP contribution in [0.2, 0.25) is 0 Å². The Hall–Kier alpha value is -2.48. The number of nitrogens with zero attached hydrogens (tertiary/aromatic N) is 2. The fourth-order valence-corrected chi connectivity index (χ4v) is 5.72. The van der Waals surface area contributed by atoms with Gasteiger partial charge >= 0.3 is 11.9 Å². The highest BCUT2D eigenvalue weighted by Crippen LogP contribution is 2.42. The number of hydrogen-bond acceptors (Lipinski definition) is 5. The molecule has 1 aliphatic heterocycles. The van der Waals surface area contributed by atoms with Gasteiger partial charge in [-0.2, -0.15) is 5.10 Å². The van der Waals surface area contributed by atoms with Gasteiger partial charge in [-0.3, -0.25) is 9.48 Å². The molecule has 1 aliphatic carbocycles. The zero-order chi connectivity index (χ0) is 19.8. The van der Waals surface area contributed by atoms with Crippen molar-refractivity contribution in [2.24, 2.45) is 5.92 Å². The molecule has 0 radical (unpaired) electrons. The third-order valence-corrected chi connectivity index (χ3v) is 7.08. The van der Waals surface area contributed by atoms with E-state index in [1.807, 2.05) is 24.3 Å². The lowest BCUT2D eigenvalue weighted by Crippen LogP contribution is -2.26. The first-order valence-corrected chi connectivity index (χ1v) is 11.0. The summed E-state index contributed by atoms with van der Waals surface area (Å²) in [6, 6.07) is 7.35. The third-order valence-electron chi connectivity index (χ3n) is 5.55. The topological polar surface area (TPSA) is 98.5 Å². The van der Waals surface area contributed by atoms with E-state index < -0.39 is 28.7 Å².